The molecule has 1 aromatic rings. The number of hydrogen-bond donors (Lipinski definition) is 2. The second kappa shape index (κ2) is 6.96. The minimum Gasteiger partial charge on any atom is -0.366 e. The van der Waals surface area contributed by atoms with Gasteiger partial charge in [0.05, 0.1) is 6.61 Å². The SMILES string of the molecule is Cl.O=C(Nc1ccc(Br)cc1)C1CNCCO1. The van der Waals surface area contributed by atoms with E-state index in [4.69, 9.17) is 4.74 Å². The lowest BCUT2D eigenvalue weighted by Crippen LogP contribution is -2.45. The molecule has 2 N–H and O–H groups in total. The highest BCUT2D eigenvalue weighted by atomic mass is 79.9. The Hall–Kier alpha value is -0.620. The fourth-order valence-corrected chi connectivity index (χ4v) is 1.75. The van der Waals surface area contributed by atoms with E-state index in [1.54, 1.807) is 0 Å². The first-order valence-corrected chi connectivity index (χ1v) is 5.94. The van der Waals surface area contributed by atoms with Gasteiger partial charge < -0.3 is 15.4 Å². The van der Waals surface area contributed by atoms with Crippen LogP contribution in [-0.4, -0.2) is 31.7 Å². The summed E-state index contributed by atoms with van der Waals surface area (Å²) in [6, 6.07) is 7.46. The number of anilines is 1. The number of amides is 1. The highest BCUT2D eigenvalue weighted by Crippen LogP contribution is 2.14. The summed E-state index contributed by atoms with van der Waals surface area (Å²) in [6.07, 6.45) is -0.391. The van der Waals surface area contributed by atoms with E-state index in [0.717, 1.165) is 16.7 Å². The number of nitrogens with one attached hydrogen (secondary N) is 2. The zero-order valence-electron chi connectivity index (χ0n) is 9.11. The van der Waals surface area contributed by atoms with E-state index in [-0.39, 0.29) is 18.3 Å². The van der Waals surface area contributed by atoms with Crippen molar-refractivity contribution < 1.29 is 9.53 Å². The summed E-state index contributed by atoms with van der Waals surface area (Å²) < 4.78 is 6.34. The van der Waals surface area contributed by atoms with Gasteiger partial charge in [0.25, 0.3) is 5.91 Å². The minimum absolute atomic E-state index is 0. The molecule has 0 radical (unpaired) electrons. The average molecular weight is 322 g/mol. The summed E-state index contributed by atoms with van der Waals surface area (Å²) in [7, 11) is 0. The molecule has 1 amide bonds. The third-order valence-electron chi connectivity index (χ3n) is 2.33. The monoisotopic (exact) mass is 320 g/mol. The predicted octanol–water partition coefficient (Wildman–Crippen LogP) is 1.80. The van der Waals surface area contributed by atoms with Gasteiger partial charge in [-0.05, 0) is 24.3 Å². The number of ether oxygens (including phenoxy) is 1. The van der Waals surface area contributed by atoms with Crippen LogP contribution in [-0.2, 0) is 9.53 Å². The Morgan fingerprint density at radius 2 is 2.12 bits per heavy atom. The van der Waals surface area contributed by atoms with E-state index in [9.17, 15) is 4.79 Å². The minimum atomic E-state index is -0.391. The van der Waals surface area contributed by atoms with Gasteiger partial charge in [0.1, 0.15) is 6.10 Å². The molecule has 94 valence electrons. The fourth-order valence-electron chi connectivity index (χ4n) is 1.49. The number of benzene rings is 1. The zero-order valence-corrected chi connectivity index (χ0v) is 11.5. The van der Waals surface area contributed by atoms with Crippen LogP contribution in [0.25, 0.3) is 0 Å². The first-order valence-electron chi connectivity index (χ1n) is 5.14. The smallest absolute Gasteiger partial charge is 0.254 e. The number of rotatable bonds is 2. The molecule has 1 fully saturated rings. The number of carbonyl (C=O) groups excluding carboxylic acids is 1. The third kappa shape index (κ3) is 4.27. The molecule has 0 aliphatic carbocycles. The molecule has 6 heteroatoms. The standard InChI is InChI=1S/C11H13BrN2O2.ClH/c12-8-1-3-9(4-2-8)14-11(15)10-7-13-5-6-16-10;/h1-4,10,13H,5-7H2,(H,14,15);1H. The van der Waals surface area contributed by atoms with Gasteiger partial charge in [-0.25, -0.2) is 0 Å². The van der Waals surface area contributed by atoms with E-state index < -0.39 is 6.10 Å². The lowest BCUT2D eigenvalue weighted by molar-refractivity contribution is -0.128. The summed E-state index contributed by atoms with van der Waals surface area (Å²) >= 11 is 3.34. The second-order valence-corrected chi connectivity index (χ2v) is 4.48. The van der Waals surface area contributed by atoms with E-state index in [1.165, 1.54) is 0 Å². The van der Waals surface area contributed by atoms with Crippen molar-refractivity contribution in [2.24, 2.45) is 0 Å². The van der Waals surface area contributed by atoms with Crippen molar-refractivity contribution in [3.8, 4) is 0 Å². The Bertz CT molecular complexity index is 366. The van der Waals surface area contributed by atoms with Crippen LogP contribution in [0, 0.1) is 0 Å². The number of halogens is 2. The maximum Gasteiger partial charge on any atom is 0.254 e. The quantitative estimate of drug-likeness (QED) is 0.873. The molecule has 1 aromatic carbocycles. The highest BCUT2D eigenvalue weighted by Gasteiger charge is 2.21. The molecule has 17 heavy (non-hydrogen) atoms. The van der Waals surface area contributed by atoms with Gasteiger partial charge >= 0.3 is 0 Å². The normalized spacial score (nSPS) is 19.2. The van der Waals surface area contributed by atoms with Crippen LogP contribution in [0.15, 0.2) is 28.7 Å². The summed E-state index contributed by atoms with van der Waals surface area (Å²) in [4.78, 5) is 11.8. The first kappa shape index (κ1) is 14.4. The largest absolute Gasteiger partial charge is 0.366 e. The van der Waals surface area contributed by atoms with Gasteiger partial charge in [0.2, 0.25) is 0 Å². The lowest BCUT2D eigenvalue weighted by Gasteiger charge is -2.22. The van der Waals surface area contributed by atoms with Gasteiger partial charge in [0.15, 0.2) is 0 Å². The molecule has 0 bridgehead atoms. The molecule has 4 nitrogen and oxygen atoms in total. The molecule has 2 rings (SSSR count). The van der Waals surface area contributed by atoms with Crippen molar-refractivity contribution in [2.75, 3.05) is 25.0 Å². The molecule has 1 aliphatic rings. The van der Waals surface area contributed by atoms with Crippen LogP contribution in [0.3, 0.4) is 0 Å². The second-order valence-electron chi connectivity index (χ2n) is 3.56. The van der Waals surface area contributed by atoms with Crippen LogP contribution in [0.2, 0.25) is 0 Å². The van der Waals surface area contributed by atoms with Crippen LogP contribution >= 0.6 is 28.3 Å². The molecular weight excluding hydrogens is 307 g/mol. The van der Waals surface area contributed by atoms with Crippen LogP contribution in [0.4, 0.5) is 5.69 Å². The number of morpholine rings is 1. The average Bonchev–Trinajstić information content (AvgIpc) is 2.33. The molecular formula is C11H14BrClN2O2. The predicted molar refractivity (Wildman–Crippen MR) is 72.6 cm³/mol. The van der Waals surface area contributed by atoms with Gasteiger partial charge in [-0.1, -0.05) is 15.9 Å². The third-order valence-corrected chi connectivity index (χ3v) is 2.86. The Balaban J connectivity index is 0.00000144. The van der Waals surface area contributed by atoms with Crippen LogP contribution in [0.1, 0.15) is 0 Å². The first-order chi connectivity index (χ1) is 7.75. The van der Waals surface area contributed by atoms with Crippen molar-refractivity contribution in [1.29, 1.82) is 0 Å². The van der Waals surface area contributed by atoms with Crippen molar-refractivity contribution in [3.05, 3.63) is 28.7 Å². The van der Waals surface area contributed by atoms with Crippen LogP contribution < -0.4 is 10.6 Å². The highest BCUT2D eigenvalue weighted by molar-refractivity contribution is 9.10. The van der Waals surface area contributed by atoms with Gasteiger partial charge in [-0.15, -0.1) is 12.4 Å². The molecule has 0 aromatic heterocycles. The van der Waals surface area contributed by atoms with Gasteiger partial charge in [-0.2, -0.15) is 0 Å². The molecule has 0 saturated carbocycles. The molecule has 1 saturated heterocycles. The van der Waals surface area contributed by atoms with E-state index >= 15 is 0 Å². The van der Waals surface area contributed by atoms with Crippen molar-refractivity contribution in [1.82, 2.24) is 5.32 Å². The maximum absolute atomic E-state index is 11.8. The van der Waals surface area contributed by atoms with Gasteiger partial charge in [-0.3, -0.25) is 4.79 Å². The van der Waals surface area contributed by atoms with E-state index in [0.29, 0.717) is 13.2 Å². The summed E-state index contributed by atoms with van der Waals surface area (Å²) in [6.45, 7) is 1.96. The molecule has 0 spiro atoms. The van der Waals surface area contributed by atoms with Crippen molar-refractivity contribution in [3.63, 3.8) is 0 Å². The maximum atomic E-state index is 11.8. The summed E-state index contributed by atoms with van der Waals surface area (Å²) in [5, 5.41) is 5.93. The fraction of sp³-hybridized carbons (Fsp3) is 0.364. The Morgan fingerprint density at radius 3 is 2.71 bits per heavy atom. The topological polar surface area (TPSA) is 50.4 Å². The van der Waals surface area contributed by atoms with Crippen molar-refractivity contribution >= 4 is 39.9 Å². The Kier molecular flexibility index (Phi) is 5.91. The van der Waals surface area contributed by atoms with Gasteiger partial charge in [0, 0.05) is 23.2 Å². The zero-order chi connectivity index (χ0) is 11.4. The summed E-state index contributed by atoms with van der Waals surface area (Å²) in [5.74, 6) is -0.102. The molecule has 1 unspecified atom stereocenters. The van der Waals surface area contributed by atoms with Crippen molar-refractivity contribution in [2.45, 2.75) is 6.10 Å². The van der Waals surface area contributed by atoms with E-state index in [1.807, 2.05) is 24.3 Å². The molecule has 1 aliphatic heterocycles. The number of carbonyl (C=O) groups is 1. The lowest BCUT2D eigenvalue weighted by atomic mass is 10.2. The summed E-state index contributed by atoms with van der Waals surface area (Å²) in [5.41, 5.74) is 0.780. The number of hydrogen-bond acceptors (Lipinski definition) is 3. The Labute approximate surface area is 115 Å². The van der Waals surface area contributed by atoms with Crippen LogP contribution in [0.5, 0.6) is 0 Å². The van der Waals surface area contributed by atoms with E-state index in [2.05, 4.69) is 26.6 Å². The Morgan fingerprint density at radius 1 is 1.41 bits per heavy atom. The molecule has 1 heterocycles. The molecule has 1 atom stereocenters.